The van der Waals surface area contributed by atoms with Gasteiger partial charge in [0.25, 0.3) is 0 Å². The van der Waals surface area contributed by atoms with Crippen LogP contribution in [0.2, 0.25) is 0 Å². The van der Waals surface area contributed by atoms with Crippen molar-refractivity contribution in [1.82, 2.24) is 0 Å². The molecule has 0 saturated carbocycles. The summed E-state index contributed by atoms with van der Waals surface area (Å²) in [6, 6.07) is 1.87. The van der Waals surface area contributed by atoms with Crippen LogP contribution in [0.4, 0.5) is 5.69 Å². The monoisotopic (exact) mass is 267 g/mol. The van der Waals surface area contributed by atoms with E-state index in [4.69, 9.17) is 9.47 Å². The third-order valence-corrected chi connectivity index (χ3v) is 3.09. The SMILES string of the molecule is COC(=O)CCNc1cc(OC)c(C)c(C)c1OC. The molecule has 0 saturated heterocycles. The van der Waals surface area contributed by atoms with E-state index in [1.54, 1.807) is 14.2 Å². The molecule has 0 fully saturated rings. The first-order valence-corrected chi connectivity index (χ1v) is 6.08. The Bertz CT molecular complexity index is 457. The van der Waals surface area contributed by atoms with Crippen molar-refractivity contribution < 1.29 is 19.0 Å². The predicted octanol–water partition coefficient (Wildman–Crippen LogP) is 2.30. The molecule has 1 rings (SSSR count). The molecular weight excluding hydrogens is 246 g/mol. The fourth-order valence-corrected chi connectivity index (χ4v) is 1.87. The van der Waals surface area contributed by atoms with Crippen LogP contribution in [0.1, 0.15) is 17.5 Å². The highest BCUT2D eigenvalue weighted by atomic mass is 16.5. The van der Waals surface area contributed by atoms with E-state index in [9.17, 15) is 4.79 Å². The first-order valence-electron chi connectivity index (χ1n) is 6.08. The number of carbonyl (C=O) groups is 1. The fourth-order valence-electron chi connectivity index (χ4n) is 1.87. The summed E-state index contributed by atoms with van der Waals surface area (Å²) in [4.78, 5) is 11.1. The van der Waals surface area contributed by atoms with Gasteiger partial charge in [0.15, 0.2) is 0 Å². The highest BCUT2D eigenvalue weighted by Crippen LogP contribution is 2.36. The molecule has 0 aliphatic rings. The zero-order valence-electron chi connectivity index (χ0n) is 12.1. The third kappa shape index (κ3) is 3.53. The van der Waals surface area contributed by atoms with E-state index < -0.39 is 0 Å². The number of rotatable bonds is 6. The molecule has 0 radical (unpaired) electrons. The van der Waals surface area contributed by atoms with Crippen LogP contribution in [0, 0.1) is 13.8 Å². The Morgan fingerprint density at radius 2 is 1.84 bits per heavy atom. The highest BCUT2D eigenvalue weighted by molar-refractivity contribution is 5.71. The quantitative estimate of drug-likeness (QED) is 0.801. The average molecular weight is 267 g/mol. The first-order chi connectivity index (χ1) is 9.04. The van der Waals surface area contributed by atoms with Crippen molar-refractivity contribution in [2.45, 2.75) is 20.3 Å². The summed E-state index contributed by atoms with van der Waals surface area (Å²) in [5, 5.41) is 3.17. The Morgan fingerprint density at radius 3 is 2.37 bits per heavy atom. The maximum absolute atomic E-state index is 11.1. The molecular formula is C14H21NO4. The number of methoxy groups -OCH3 is 3. The lowest BCUT2D eigenvalue weighted by Gasteiger charge is -2.17. The van der Waals surface area contributed by atoms with E-state index in [0.29, 0.717) is 13.0 Å². The van der Waals surface area contributed by atoms with Gasteiger partial charge in [0.1, 0.15) is 11.5 Å². The van der Waals surface area contributed by atoms with Crippen LogP contribution >= 0.6 is 0 Å². The molecule has 0 aliphatic heterocycles. The van der Waals surface area contributed by atoms with Gasteiger partial charge in [0, 0.05) is 12.6 Å². The Balaban J connectivity index is 2.92. The van der Waals surface area contributed by atoms with Gasteiger partial charge < -0.3 is 19.5 Å². The maximum atomic E-state index is 11.1. The van der Waals surface area contributed by atoms with Gasteiger partial charge >= 0.3 is 5.97 Å². The Kier molecular flexibility index (Phi) is 5.48. The maximum Gasteiger partial charge on any atom is 0.307 e. The Labute approximate surface area is 113 Å². The van der Waals surface area contributed by atoms with Crippen LogP contribution in [0.25, 0.3) is 0 Å². The van der Waals surface area contributed by atoms with Crippen molar-refractivity contribution >= 4 is 11.7 Å². The molecule has 1 N–H and O–H groups in total. The minimum absolute atomic E-state index is 0.248. The Morgan fingerprint density at radius 1 is 1.16 bits per heavy atom. The van der Waals surface area contributed by atoms with E-state index in [1.807, 2.05) is 19.9 Å². The topological polar surface area (TPSA) is 56.8 Å². The molecule has 5 nitrogen and oxygen atoms in total. The lowest BCUT2D eigenvalue weighted by atomic mass is 10.1. The summed E-state index contributed by atoms with van der Waals surface area (Å²) in [5.74, 6) is 1.31. The van der Waals surface area contributed by atoms with Crippen LogP contribution in [-0.4, -0.2) is 33.8 Å². The minimum atomic E-state index is -0.248. The smallest absolute Gasteiger partial charge is 0.307 e. The molecule has 0 spiro atoms. The highest BCUT2D eigenvalue weighted by Gasteiger charge is 2.13. The minimum Gasteiger partial charge on any atom is -0.496 e. The molecule has 5 heteroatoms. The number of hydrogen-bond donors (Lipinski definition) is 1. The summed E-state index contributed by atoms with van der Waals surface area (Å²) in [6.07, 6.45) is 0.300. The average Bonchev–Trinajstić information content (AvgIpc) is 2.42. The molecule has 106 valence electrons. The molecule has 0 aromatic heterocycles. The van der Waals surface area contributed by atoms with E-state index in [-0.39, 0.29) is 5.97 Å². The van der Waals surface area contributed by atoms with E-state index in [2.05, 4.69) is 10.1 Å². The van der Waals surface area contributed by atoms with Crippen molar-refractivity contribution in [1.29, 1.82) is 0 Å². The predicted molar refractivity (Wildman–Crippen MR) is 74.1 cm³/mol. The zero-order chi connectivity index (χ0) is 14.4. The van der Waals surface area contributed by atoms with Gasteiger partial charge in [-0.15, -0.1) is 0 Å². The number of esters is 1. The summed E-state index contributed by atoms with van der Waals surface area (Å²) >= 11 is 0. The lowest BCUT2D eigenvalue weighted by Crippen LogP contribution is -2.11. The van der Waals surface area contributed by atoms with Crippen molar-refractivity contribution in [3.63, 3.8) is 0 Å². The summed E-state index contributed by atoms with van der Waals surface area (Å²) < 4.78 is 15.3. The zero-order valence-corrected chi connectivity index (χ0v) is 12.1. The number of nitrogens with one attached hydrogen (secondary N) is 1. The molecule has 0 amide bonds. The number of carbonyl (C=O) groups excluding carboxylic acids is 1. The molecule has 1 aromatic rings. The molecule has 0 atom stereocenters. The number of anilines is 1. The summed E-state index contributed by atoms with van der Waals surface area (Å²) in [5.41, 5.74) is 2.87. The van der Waals surface area contributed by atoms with Gasteiger partial charge in [0.05, 0.1) is 33.4 Å². The second kappa shape index (κ2) is 6.87. The standard InChI is InChI=1S/C14H21NO4/c1-9-10(2)14(19-5)11(8-12(9)17-3)15-7-6-13(16)18-4/h8,15H,6-7H2,1-5H3. The molecule has 0 bridgehead atoms. The van der Waals surface area contributed by atoms with Crippen LogP contribution in [0.5, 0.6) is 11.5 Å². The molecule has 0 unspecified atom stereocenters. The lowest BCUT2D eigenvalue weighted by molar-refractivity contribution is -0.140. The van der Waals surface area contributed by atoms with Gasteiger partial charge in [-0.05, 0) is 25.0 Å². The second-order valence-corrected chi connectivity index (χ2v) is 4.16. The largest absolute Gasteiger partial charge is 0.496 e. The van der Waals surface area contributed by atoms with Crippen LogP contribution in [0.3, 0.4) is 0 Å². The molecule has 1 aromatic carbocycles. The van der Waals surface area contributed by atoms with Crippen LogP contribution in [-0.2, 0) is 9.53 Å². The number of ether oxygens (including phenoxy) is 3. The van der Waals surface area contributed by atoms with Crippen molar-refractivity contribution in [2.24, 2.45) is 0 Å². The number of hydrogen-bond acceptors (Lipinski definition) is 5. The summed E-state index contributed by atoms with van der Waals surface area (Å²) in [7, 11) is 4.63. The summed E-state index contributed by atoms with van der Waals surface area (Å²) in [6.45, 7) is 4.44. The molecule has 19 heavy (non-hydrogen) atoms. The van der Waals surface area contributed by atoms with E-state index >= 15 is 0 Å². The van der Waals surface area contributed by atoms with Crippen LogP contribution in [0.15, 0.2) is 6.07 Å². The van der Waals surface area contributed by atoms with Crippen LogP contribution < -0.4 is 14.8 Å². The van der Waals surface area contributed by atoms with Gasteiger partial charge in [0.2, 0.25) is 0 Å². The second-order valence-electron chi connectivity index (χ2n) is 4.16. The van der Waals surface area contributed by atoms with Gasteiger partial charge in [-0.2, -0.15) is 0 Å². The van der Waals surface area contributed by atoms with Gasteiger partial charge in [-0.25, -0.2) is 0 Å². The van der Waals surface area contributed by atoms with Gasteiger partial charge in [-0.3, -0.25) is 4.79 Å². The van der Waals surface area contributed by atoms with E-state index in [0.717, 1.165) is 28.3 Å². The Hall–Kier alpha value is -1.91. The van der Waals surface area contributed by atoms with Crippen molar-refractivity contribution in [3.8, 4) is 11.5 Å². The first kappa shape index (κ1) is 15.1. The van der Waals surface area contributed by atoms with E-state index in [1.165, 1.54) is 7.11 Å². The van der Waals surface area contributed by atoms with Crippen molar-refractivity contribution in [2.75, 3.05) is 33.2 Å². The molecule has 0 aliphatic carbocycles. The van der Waals surface area contributed by atoms with Gasteiger partial charge in [-0.1, -0.05) is 0 Å². The fraction of sp³-hybridized carbons (Fsp3) is 0.500. The third-order valence-electron chi connectivity index (χ3n) is 3.09. The number of benzene rings is 1. The van der Waals surface area contributed by atoms with Crippen molar-refractivity contribution in [3.05, 3.63) is 17.2 Å². The normalized spacial score (nSPS) is 9.95. The molecule has 0 heterocycles.